The Bertz CT molecular complexity index is 236. The molecule has 2 saturated carbocycles. The number of aliphatic hydroxyl groups is 1. The molecule has 2 aliphatic carbocycles. The Morgan fingerprint density at radius 1 is 0.700 bits per heavy atom. The molecule has 2 nitrogen and oxygen atoms in total. The van der Waals surface area contributed by atoms with E-state index in [1.165, 1.54) is 96.3 Å². The molecule has 0 aliphatic heterocycles. The highest BCUT2D eigenvalue weighted by atomic mass is 16.3. The minimum atomic E-state index is 0.0359. The molecule has 0 saturated heterocycles. The van der Waals surface area contributed by atoms with Gasteiger partial charge >= 0.3 is 0 Å². The van der Waals surface area contributed by atoms with Crippen molar-refractivity contribution in [1.82, 2.24) is 5.32 Å². The molecule has 2 fully saturated rings. The minimum Gasteiger partial charge on any atom is -0.394 e. The predicted octanol–water partition coefficient (Wildman–Crippen LogP) is 4.55. The van der Waals surface area contributed by atoms with Crippen LogP contribution in [0.1, 0.15) is 96.3 Å². The van der Waals surface area contributed by atoms with Gasteiger partial charge in [0, 0.05) is 11.6 Å². The monoisotopic (exact) mass is 281 g/mol. The van der Waals surface area contributed by atoms with Gasteiger partial charge in [-0.3, -0.25) is 0 Å². The summed E-state index contributed by atoms with van der Waals surface area (Å²) in [6, 6.07) is 0.676. The van der Waals surface area contributed by atoms with E-state index < -0.39 is 0 Å². The van der Waals surface area contributed by atoms with Crippen molar-refractivity contribution >= 4 is 0 Å². The highest BCUT2D eigenvalue weighted by Gasteiger charge is 2.31. The lowest BCUT2D eigenvalue weighted by Gasteiger charge is -2.36. The Morgan fingerprint density at radius 2 is 1.15 bits per heavy atom. The summed E-state index contributed by atoms with van der Waals surface area (Å²) in [6.07, 6.45) is 20.1. The van der Waals surface area contributed by atoms with E-state index in [0.717, 1.165) is 0 Å². The SMILES string of the molecule is OCC1(NC2CCCC2)CCCCCCCCCCC1. The second-order valence-corrected chi connectivity index (χ2v) is 7.25. The van der Waals surface area contributed by atoms with Gasteiger partial charge in [0.25, 0.3) is 0 Å². The van der Waals surface area contributed by atoms with E-state index in [1.807, 2.05) is 0 Å². The molecule has 20 heavy (non-hydrogen) atoms. The number of hydrogen-bond acceptors (Lipinski definition) is 2. The van der Waals surface area contributed by atoms with E-state index in [1.54, 1.807) is 0 Å². The summed E-state index contributed by atoms with van der Waals surface area (Å²) in [5.41, 5.74) is 0.0359. The van der Waals surface area contributed by atoms with Gasteiger partial charge in [0.2, 0.25) is 0 Å². The van der Waals surface area contributed by atoms with Crippen LogP contribution in [0.15, 0.2) is 0 Å². The average molecular weight is 281 g/mol. The van der Waals surface area contributed by atoms with Crippen molar-refractivity contribution in [3.63, 3.8) is 0 Å². The van der Waals surface area contributed by atoms with Crippen LogP contribution in [0.2, 0.25) is 0 Å². The second kappa shape index (κ2) is 9.04. The normalized spacial score (nSPS) is 26.9. The molecule has 0 radical (unpaired) electrons. The first-order valence-corrected chi connectivity index (χ1v) is 9.23. The third-order valence-electron chi connectivity index (χ3n) is 5.48. The zero-order valence-electron chi connectivity index (χ0n) is 13.3. The van der Waals surface area contributed by atoms with Crippen molar-refractivity contribution in [2.45, 2.75) is 108 Å². The molecule has 0 heterocycles. The topological polar surface area (TPSA) is 32.3 Å². The molecule has 0 aromatic rings. The molecule has 0 aromatic heterocycles. The number of rotatable bonds is 3. The maximum Gasteiger partial charge on any atom is 0.0613 e. The Morgan fingerprint density at radius 3 is 1.60 bits per heavy atom. The van der Waals surface area contributed by atoms with E-state index in [-0.39, 0.29) is 5.54 Å². The molecule has 0 unspecified atom stereocenters. The van der Waals surface area contributed by atoms with Crippen LogP contribution in [0.4, 0.5) is 0 Å². The molecule has 118 valence electrons. The third kappa shape index (κ3) is 5.37. The van der Waals surface area contributed by atoms with Crippen molar-refractivity contribution in [2.24, 2.45) is 0 Å². The molecule has 0 atom stereocenters. The van der Waals surface area contributed by atoms with Crippen LogP contribution in [-0.4, -0.2) is 23.3 Å². The van der Waals surface area contributed by atoms with E-state index in [9.17, 15) is 5.11 Å². The van der Waals surface area contributed by atoms with Crippen LogP contribution in [0.3, 0.4) is 0 Å². The molecule has 0 spiro atoms. The van der Waals surface area contributed by atoms with Crippen molar-refractivity contribution in [3.05, 3.63) is 0 Å². The number of hydrogen-bond donors (Lipinski definition) is 2. The number of nitrogens with one attached hydrogen (secondary N) is 1. The van der Waals surface area contributed by atoms with Crippen molar-refractivity contribution < 1.29 is 5.11 Å². The van der Waals surface area contributed by atoms with E-state index >= 15 is 0 Å². The van der Waals surface area contributed by atoms with E-state index in [4.69, 9.17) is 0 Å². The van der Waals surface area contributed by atoms with E-state index in [2.05, 4.69) is 5.32 Å². The first kappa shape index (κ1) is 16.3. The van der Waals surface area contributed by atoms with Gasteiger partial charge in [0.15, 0.2) is 0 Å². The molecular weight excluding hydrogens is 246 g/mol. The quantitative estimate of drug-likeness (QED) is 0.795. The van der Waals surface area contributed by atoms with Crippen LogP contribution in [0, 0.1) is 0 Å². The fraction of sp³-hybridized carbons (Fsp3) is 1.00. The maximum absolute atomic E-state index is 10.0. The first-order valence-electron chi connectivity index (χ1n) is 9.23. The molecule has 2 N–H and O–H groups in total. The molecule has 0 aromatic carbocycles. The summed E-state index contributed by atoms with van der Waals surface area (Å²) in [5.74, 6) is 0. The van der Waals surface area contributed by atoms with Gasteiger partial charge in [-0.1, -0.05) is 70.6 Å². The van der Waals surface area contributed by atoms with Crippen LogP contribution in [-0.2, 0) is 0 Å². The lowest BCUT2D eigenvalue weighted by molar-refractivity contribution is 0.122. The van der Waals surface area contributed by atoms with Gasteiger partial charge in [-0.15, -0.1) is 0 Å². The Labute approximate surface area is 125 Å². The highest BCUT2D eigenvalue weighted by Crippen LogP contribution is 2.28. The van der Waals surface area contributed by atoms with Crippen molar-refractivity contribution in [2.75, 3.05) is 6.61 Å². The van der Waals surface area contributed by atoms with E-state index in [0.29, 0.717) is 12.6 Å². The standard InChI is InChI=1S/C18H35NO/c20-16-18(19-17-12-8-9-13-17)14-10-6-4-2-1-3-5-7-11-15-18/h17,19-20H,1-16H2. The third-order valence-corrected chi connectivity index (χ3v) is 5.48. The van der Waals surface area contributed by atoms with Crippen LogP contribution < -0.4 is 5.32 Å². The summed E-state index contributed by atoms with van der Waals surface area (Å²) in [5, 5.41) is 13.9. The Kier molecular flexibility index (Phi) is 7.37. The second-order valence-electron chi connectivity index (χ2n) is 7.25. The van der Waals surface area contributed by atoms with Gasteiger partial charge in [0.1, 0.15) is 0 Å². The molecule has 2 heteroatoms. The summed E-state index contributed by atoms with van der Waals surface area (Å²) in [6.45, 7) is 0.337. The largest absolute Gasteiger partial charge is 0.394 e. The predicted molar refractivity (Wildman–Crippen MR) is 86.0 cm³/mol. The Hall–Kier alpha value is -0.0800. The minimum absolute atomic E-state index is 0.0359. The van der Waals surface area contributed by atoms with Gasteiger partial charge < -0.3 is 10.4 Å². The van der Waals surface area contributed by atoms with Gasteiger partial charge in [0.05, 0.1) is 6.61 Å². The summed E-state index contributed by atoms with van der Waals surface area (Å²) >= 11 is 0. The zero-order valence-corrected chi connectivity index (χ0v) is 13.3. The zero-order chi connectivity index (χ0) is 14.1. The summed E-state index contributed by atoms with van der Waals surface area (Å²) in [7, 11) is 0. The molecular formula is C18H35NO. The number of aliphatic hydroxyl groups excluding tert-OH is 1. The van der Waals surface area contributed by atoms with Crippen molar-refractivity contribution in [1.29, 1.82) is 0 Å². The summed E-state index contributed by atoms with van der Waals surface area (Å²) in [4.78, 5) is 0. The van der Waals surface area contributed by atoms with Gasteiger partial charge in [-0.05, 0) is 25.7 Å². The van der Waals surface area contributed by atoms with Gasteiger partial charge in [-0.2, -0.15) is 0 Å². The first-order chi connectivity index (χ1) is 9.85. The molecule has 0 bridgehead atoms. The maximum atomic E-state index is 10.0. The van der Waals surface area contributed by atoms with Crippen molar-refractivity contribution in [3.8, 4) is 0 Å². The Balaban J connectivity index is 1.89. The average Bonchev–Trinajstić information content (AvgIpc) is 2.95. The van der Waals surface area contributed by atoms with Gasteiger partial charge in [-0.25, -0.2) is 0 Å². The lowest BCUT2D eigenvalue weighted by Crippen LogP contribution is -2.52. The van der Waals surface area contributed by atoms with Crippen LogP contribution in [0.25, 0.3) is 0 Å². The fourth-order valence-corrected chi connectivity index (χ4v) is 4.14. The molecule has 0 amide bonds. The lowest BCUT2D eigenvalue weighted by atomic mass is 9.85. The fourth-order valence-electron chi connectivity index (χ4n) is 4.14. The van der Waals surface area contributed by atoms with Crippen LogP contribution in [0.5, 0.6) is 0 Å². The summed E-state index contributed by atoms with van der Waals surface area (Å²) < 4.78 is 0. The highest BCUT2D eigenvalue weighted by molar-refractivity contribution is 4.92. The molecule has 2 rings (SSSR count). The smallest absolute Gasteiger partial charge is 0.0613 e. The van der Waals surface area contributed by atoms with Crippen LogP contribution >= 0.6 is 0 Å². The molecule has 2 aliphatic rings.